The van der Waals surface area contributed by atoms with E-state index in [1.54, 1.807) is 18.2 Å². The molecule has 1 amide bonds. The van der Waals surface area contributed by atoms with E-state index in [9.17, 15) is 4.79 Å². The van der Waals surface area contributed by atoms with E-state index in [1.807, 2.05) is 0 Å². The number of hydrogen-bond donors (Lipinski definition) is 2. The highest BCUT2D eigenvalue weighted by Crippen LogP contribution is 2.24. The van der Waals surface area contributed by atoms with E-state index in [2.05, 4.69) is 43.0 Å². The Morgan fingerprint density at radius 2 is 2.22 bits per heavy atom. The molecule has 3 aromatic rings. The number of hydrazone groups is 1. The molecule has 1 aliphatic heterocycles. The van der Waals surface area contributed by atoms with Gasteiger partial charge in [-0.2, -0.15) is 9.78 Å². The number of anilines is 1. The second-order valence-electron chi connectivity index (χ2n) is 7.43. The molecule has 0 aliphatic carbocycles. The number of nitrogens with zero attached hydrogens (tertiary/aromatic N) is 7. The van der Waals surface area contributed by atoms with Crippen LogP contribution in [0.15, 0.2) is 27.9 Å². The summed E-state index contributed by atoms with van der Waals surface area (Å²) in [5, 5.41) is 20.2. The number of carbonyl (C=O) groups excluding carboxylic acids is 1. The number of nitrogens with one attached hydrogen (secondary N) is 1. The predicted octanol–water partition coefficient (Wildman–Crippen LogP) is 2.68. The lowest BCUT2D eigenvalue weighted by Gasteiger charge is -2.33. The van der Waals surface area contributed by atoms with Crippen molar-refractivity contribution in [3.05, 3.63) is 45.2 Å². The lowest BCUT2D eigenvalue weighted by atomic mass is 10.0. The summed E-state index contributed by atoms with van der Waals surface area (Å²) in [6.07, 6.45) is 4.72. The van der Waals surface area contributed by atoms with Crippen LogP contribution in [-0.2, 0) is 6.54 Å². The molecule has 1 atom stereocenters. The first-order chi connectivity index (χ1) is 15.5. The standard InChI is InChI=1S/C19H21Cl2N9O2/c1-11-5-2-3-8-29(11)10-14-16(24-28-30(14)18-17(22)26-32-27-18)19(31)25-23-9-12-6-4-7-13(20)15(12)21/h4,6-7,9,11H,2-3,5,8,10H2,1H3,(H2,22,26)(H,25,31)/b23-9-. The topological polar surface area (TPSA) is 140 Å². The molecule has 1 saturated heterocycles. The van der Waals surface area contributed by atoms with Crippen molar-refractivity contribution in [1.29, 1.82) is 0 Å². The number of nitrogens with two attached hydrogens (primary N) is 1. The Balaban J connectivity index is 1.60. The van der Waals surface area contributed by atoms with E-state index in [-0.39, 0.29) is 17.3 Å². The molecule has 168 valence electrons. The molecule has 0 radical (unpaired) electrons. The van der Waals surface area contributed by atoms with Crippen molar-refractivity contribution >= 4 is 41.1 Å². The molecule has 0 bridgehead atoms. The van der Waals surface area contributed by atoms with Gasteiger partial charge < -0.3 is 5.73 Å². The lowest BCUT2D eigenvalue weighted by Crippen LogP contribution is -2.38. The molecular weight excluding hydrogens is 457 g/mol. The number of likely N-dealkylation sites (tertiary alicyclic amines) is 1. The second kappa shape index (κ2) is 9.63. The molecule has 4 rings (SSSR count). The summed E-state index contributed by atoms with van der Waals surface area (Å²) in [6, 6.07) is 5.47. The summed E-state index contributed by atoms with van der Waals surface area (Å²) >= 11 is 12.2. The Bertz CT molecular complexity index is 1140. The Hall–Kier alpha value is -3.02. The van der Waals surface area contributed by atoms with Gasteiger partial charge in [0.25, 0.3) is 5.91 Å². The monoisotopic (exact) mass is 477 g/mol. The lowest BCUT2D eigenvalue weighted by molar-refractivity contribution is 0.0945. The van der Waals surface area contributed by atoms with Gasteiger partial charge in [0.1, 0.15) is 0 Å². The van der Waals surface area contributed by atoms with Crippen LogP contribution in [0.2, 0.25) is 10.0 Å². The average molecular weight is 478 g/mol. The van der Waals surface area contributed by atoms with Gasteiger partial charge in [0.05, 0.1) is 22.0 Å². The Morgan fingerprint density at radius 1 is 1.38 bits per heavy atom. The number of halogens is 2. The minimum atomic E-state index is -0.541. The van der Waals surface area contributed by atoms with Gasteiger partial charge in [0.2, 0.25) is 11.6 Å². The molecule has 13 heteroatoms. The smallest absolute Gasteiger partial charge is 0.293 e. The van der Waals surface area contributed by atoms with Crippen LogP contribution in [0, 0.1) is 0 Å². The number of amides is 1. The third-order valence-electron chi connectivity index (χ3n) is 5.32. The van der Waals surface area contributed by atoms with E-state index in [1.165, 1.54) is 17.3 Å². The zero-order valence-electron chi connectivity index (χ0n) is 17.2. The molecule has 2 aromatic heterocycles. The van der Waals surface area contributed by atoms with Crippen molar-refractivity contribution in [2.24, 2.45) is 5.10 Å². The van der Waals surface area contributed by atoms with E-state index in [0.29, 0.717) is 33.9 Å². The number of aromatic nitrogens is 5. The predicted molar refractivity (Wildman–Crippen MR) is 119 cm³/mol. The molecule has 0 saturated carbocycles. The van der Waals surface area contributed by atoms with Crippen LogP contribution >= 0.6 is 23.2 Å². The quantitative estimate of drug-likeness (QED) is 0.407. The van der Waals surface area contributed by atoms with Gasteiger partial charge >= 0.3 is 0 Å². The fraction of sp³-hybridized carbons (Fsp3) is 0.368. The molecule has 1 fully saturated rings. The summed E-state index contributed by atoms with van der Waals surface area (Å²) in [6.45, 7) is 3.47. The fourth-order valence-corrected chi connectivity index (χ4v) is 3.90. The van der Waals surface area contributed by atoms with Crippen molar-refractivity contribution in [1.82, 2.24) is 35.6 Å². The molecule has 3 N–H and O–H groups in total. The molecule has 1 aliphatic rings. The van der Waals surface area contributed by atoms with Crippen molar-refractivity contribution in [2.45, 2.75) is 38.8 Å². The highest BCUT2D eigenvalue weighted by atomic mass is 35.5. The first-order valence-electron chi connectivity index (χ1n) is 10.00. The molecule has 11 nitrogen and oxygen atoms in total. The number of rotatable bonds is 6. The van der Waals surface area contributed by atoms with Crippen LogP contribution in [-0.4, -0.2) is 54.9 Å². The first-order valence-corrected chi connectivity index (χ1v) is 10.8. The van der Waals surface area contributed by atoms with Gasteiger partial charge in [-0.25, -0.2) is 10.1 Å². The van der Waals surface area contributed by atoms with Crippen molar-refractivity contribution in [3.8, 4) is 5.82 Å². The maximum atomic E-state index is 12.9. The molecule has 3 heterocycles. The third kappa shape index (κ3) is 4.59. The number of piperidine rings is 1. The van der Waals surface area contributed by atoms with Crippen LogP contribution in [0.25, 0.3) is 5.82 Å². The van der Waals surface area contributed by atoms with Crippen LogP contribution in [0.3, 0.4) is 0 Å². The largest absolute Gasteiger partial charge is 0.378 e. The Morgan fingerprint density at radius 3 is 2.97 bits per heavy atom. The molecular formula is C19H21Cl2N9O2. The van der Waals surface area contributed by atoms with Crippen LogP contribution in [0.4, 0.5) is 5.82 Å². The third-order valence-corrected chi connectivity index (χ3v) is 6.15. The zero-order chi connectivity index (χ0) is 22.7. The molecule has 0 spiro atoms. The van der Waals surface area contributed by atoms with Gasteiger partial charge in [-0.3, -0.25) is 9.69 Å². The second-order valence-corrected chi connectivity index (χ2v) is 8.21. The molecule has 1 aromatic carbocycles. The number of carbonyl (C=O) groups is 1. The normalized spacial score (nSPS) is 17.2. The minimum Gasteiger partial charge on any atom is -0.378 e. The Labute approximate surface area is 193 Å². The van der Waals surface area contributed by atoms with E-state index in [0.717, 1.165) is 19.4 Å². The number of nitrogen functional groups attached to an aromatic ring is 1. The van der Waals surface area contributed by atoms with Crippen LogP contribution < -0.4 is 11.2 Å². The highest BCUT2D eigenvalue weighted by molar-refractivity contribution is 6.43. The summed E-state index contributed by atoms with van der Waals surface area (Å²) < 4.78 is 6.07. The van der Waals surface area contributed by atoms with E-state index in [4.69, 9.17) is 33.6 Å². The zero-order valence-corrected chi connectivity index (χ0v) is 18.7. The average Bonchev–Trinajstić information content (AvgIpc) is 3.38. The van der Waals surface area contributed by atoms with Crippen molar-refractivity contribution in [3.63, 3.8) is 0 Å². The number of hydrogen-bond acceptors (Lipinski definition) is 9. The maximum Gasteiger partial charge on any atom is 0.293 e. The summed E-state index contributed by atoms with van der Waals surface area (Å²) in [5.74, 6) is -0.325. The fourth-order valence-electron chi connectivity index (χ4n) is 3.55. The molecule has 1 unspecified atom stereocenters. The molecule has 32 heavy (non-hydrogen) atoms. The summed E-state index contributed by atoms with van der Waals surface area (Å²) in [5.41, 5.74) is 9.47. The number of benzene rings is 1. The first kappa shape index (κ1) is 22.2. The Kier molecular flexibility index (Phi) is 6.68. The maximum absolute atomic E-state index is 12.9. The van der Waals surface area contributed by atoms with Gasteiger partial charge in [0, 0.05) is 18.2 Å². The van der Waals surface area contributed by atoms with Crippen LogP contribution in [0.5, 0.6) is 0 Å². The summed E-state index contributed by atoms with van der Waals surface area (Å²) in [4.78, 5) is 15.1. The summed E-state index contributed by atoms with van der Waals surface area (Å²) in [7, 11) is 0. The van der Waals surface area contributed by atoms with E-state index >= 15 is 0 Å². The van der Waals surface area contributed by atoms with Gasteiger partial charge in [-0.1, -0.05) is 47.0 Å². The SMILES string of the molecule is CC1CCCCN1Cc1c(C(=O)N/N=C\c2cccc(Cl)c2Cl)nnn1-c1nonc1N. The van der Waals surface area contributed by atoms with Gasteiger partial charge in [-0.15, -0.1) is 5.10 Å². The van der Waals surface area contributed by atoms with E-state index < -0.39 is 5.91 Å². The van der Waals surface area contributed by atoms with Crippen LogP contribution in [0.1, 0.15) is 47.9 Å². The van der Waals surface area contributed by atoms with Crippen molar-refractivity contribution < 1.29 is 9.42 Å². The van der Waals surface area contributed by atoms with Crippen molar-refractivity contribution in [2.75, 3.05) is 12.3 Å². The van der Waals surface area contributed by atoms with Gasteiger partial charge in [0.15, 0.2) is 5.69 Å². The highest BCUT2D eigenvalue weighted by Gasteiger charge is 2.28. The minimum absolute atomic E-state index is 0.0448. The van der Waals surface area contributed by atoms with Gasteiger partial charge in [-0.05, 0) is 42.7 Å².